The van der Waals surface area contributed by atoms with Gasteiger partial charge in [-0.2, -0.15) is 0 Å². The molecular weight excluding hydrogens is 350 g/mol. The van der Waals surface area contributed by atoms with Crippen molar-refractivity contribution >= 4 is 49.7 Å². The summed E-state index contributed by atoms with van der Waals surface area (Å²) in [5.74, 6) is -0.105. The van der Waals surface area contributed by atoms with E-state index < -0.39 is 0 Å². The Balaban J connectivity index is 1.59. The lowest BCUT2D eigenvalue weighted by Gasteiger charge is -2.04. The van der Waals surface area contributed by atoms with E-state index in [0.717, 1.165) is 27.3 Å². The van der Waals surface area contributed by atoms with Crippen molar-refractivity contribution in [3.63, 3.8) is 0 Å². The van der Waals surface area contributed by atoms with Gasteiger partial charge in [0, 0.05) is 16.6 Å². The summed E-state index contributed by atoms with van der Waals surface area (Å²) in [6.45, 7) is 0.591. The summed E-state index contributed by atoms with van der Waals surface area (Å²) in [7, 11) is 0. The van der Waals surface area contributed by atoms with Crippen LogP contribution in [0.2, 0.25) is 5.02 Å². The number of hydrogen-bond acceptors (Lipinski definition) is 2. The molecule has 0 aliphatic carbocycles. The van der Waals surface area contributed by atoms with Gasteiger partial charge in [0.25, 0.3) is 5.91 Å². The predicted molar refractivity (Wildman–Crippen MR) is 107 cm³/mol. The van der Waals surface area contributed by atoms with Crippen molar-refractivity contribution in [1.29, 1.82) is 0 Å². The monoisotopic (exact) mass is 365 g/mol. The summed E-state index contributed by atoms with van der Waals surface area (Å²) in [5, 5.41) is 6.72. The predicted octanol–water partition coefficient (Wildman–Crippen LogP) is 5.68. The van der Waals surface area contributed by atoms with Gasteiger partial charge in [-0.15, -0.1) is 11.3 Å². The number of carbonyl (C=O) groups is 1. The maximum Gasteiger partial charge on any atom is 0.262 e. The fraction of sp³-hybridized carbons (Fsp3) is 0.0952. The van der Waals surface area contributed by atoms with Gasteiger partial charge in [0.1, 0.15) is 4.88 Å². The molecule has 1 heterocycles. The van der Waals surface area contributed by atoms with Gasteiger partial charge in [0.2, 0.25) is 0 Å². The van der Waals surface area contributed by atoms with Gasteiger partial charge in [-0.1, -0.05) is 72.3 Å². The number of nitrogens with one attached hydrogen (secondary N) is 1. The molecule has 4 aromatic rings. The van der Waals surface area contributed by atoms with Crippen molar-refractivity contribution in [2.24, 2.45) is 0 Å². The number of carbonyl (C=O) groups excluding carboxylic acids is 1. The van der Waals surface area contributed by atoms with Gasteiger partial charge >= 0.3 is 0 Å². The van der Waals surface area contributed by atoms with E-state index >= 15 is 0 Å². The minimum Gasteiger partial charge on any atom is -0.351 e. The molecular formula is C21H16ClNOS. The molecule has 0 aliphatic heterocycles. The lowest BCUT2D eigenvalue weighted by molar-refractivity contribution is 0.0958. The Bertz CT molecular complexity index is 1060. The van der Waals surface area contributed by atoms with Gasteiger partial charge in [-0.05, 0) is 28.8 Å². The Labute approximate surface area is 155 Å². The van der Waals surface area contributed by atoms with Crippen LogP contribution in [0.5, 0.6) is 0 Å². The van der Waals surface area contributed by atoms with E-state index in [0.29, 0.717) is 16.4 Å². The van der Waals surface area contributed by atoms with Crippen LogP contribution in [0, 0.1) is 0 Å². The van der Waals surface area contributed by atoms with Crippen LogP contribution in [0.15, 0.2) is 66.7 Å². The van der Waals surface area contributed by atoms with Gasteiger partial charge in [-0.3, -0.25) is 4.79 Å². The van der Waals surface area contributed by atoms with Crippen molar-refractivity contribution in [3.8, 4) is 0 Å². The normalized spacial score (nSPS) is 11.1. The summed E-state index contributed by atoms with van der Waals surface area (Å²) in [4.78, 5) is 13.2. The third-order valence-electron chi connectivity index (χ3n) is 4.27. The number of hydrogen-bond donors (Lipinski definition) is 1. The lowest BCUT2D eigenvalue weighted by Crippen LogP contribution is -2.25. The first-order chi connectivity index (χ1) is 12.2. The minimum absolute atomic E-state index is 0.105. The van der Waals surface area contributed by atoms with Gasteiger partial charge in [0.05, 0.1) is 5.02 Å². The SMILES string of the molecule is O=C(NCCc1ccccc1)c1sc2ccc3ccccc3c2c1Cl. The van der Waals surface area contributed by atoms with Crippen LogP contribution in [0.4, 0.5) is 0 Å². The molecule has 0 bridgehead atoms. The second-order valence-electron chi connectivity index (χ2n) is 5.90. The molecule has 0 atom stereocenters. The molecule has 2 nitrogen and oxygen atoms in total. The number of halogens is 1. The molecule has 0 fully saturated rings. The second-order valence-corrected chi connectivity index (χ2v) is 7.33. The molecule has 0 radical (unpaired) electrons. The van der Waals surface area contributed by atoms with Crippen LogP contribution in [0.3, 0.4) is 0 Å². The van der Waals surface area contributed by atoms with Crippen LogP contribution in [0.1, 0.15) is 15.2 Å². The van der Waals surface area contributed by atoms with E-state index in [-0.39, 0.29) is 5.91 Å². The molecule has 0 saturated heterocycles. The third-order valence-corrected chi connectivity index (χ3v) is 5.91. The third kappa shape index (κ3) is 3.13. The maximum absolute atomic E-state index is 12.6. The molecule has 1 N–H and O–H groups in total. The van der Waals surface area contributed by atoms with Crippen molar-refractivity contribution in [1.82, 2.24) is 5.32 Å². The zero-order valence-electron chi connectivity index (χ0n) is 13.5. The Morgan fingerprint density at radius 2 is 1.72 bits per heavy atom. The van der Waals surface area contributed by atoms with Crippen molar-refractivity contribution in [2.45, 2.75) is 6.42 Å². The van der Waals surface area contributed by atoms with Crippen LogP contribution >= 0.6 is 22.9 Å². The highest BCUT2D eigenvalue weighted by Crippen LogP contribution is 2.39. The van der Waals surface area contributed by atoms with Crippen LogP contribution in [-0.4, -0.2) is 12.5 Å². The molecule has 4 rings (SSSR count). The Morgan fingerprint density at radius 3 is 2.56 bits per heavy atom. The minimum atomic E-state index is -0.105. The zero-order valence-corrected chi connectivity index (χ0v) is 15.0. The largest absolute Gasteiger partial charge is 0.351 e. The van der Waals surface area contributed by atoms with Crippen LogP contribution in [-0.2, 0) is 6.42 Å². The molecule has 3 aromatic carbocycles. The number of thiophene rings is 1. The van der Waals surface area contributed by atoms with E-state index in [4.69, 9.17) is 11.6 Å². The highest BCUT2D eigenvalue weighted by molar-refractivity contribution is 7.21. The van der Waals surface area contributed by atoms with E-state index in [1.807, 2.05) is 42.5 Å². The molecule has 4 heteroatoms. The standard InChI is InChI=1S/C21H16ClNOS/c22-19-18-16-9-5-4-8-15(16)10-11-17(18)25-20(19)21(24)23-13-12-14-6-2-1-3-7-14/h1-11H,12-13H2,(H,23,24). The summed E-state index contributed by atoms with van der Waals surface area (Å²) < 4.78 is 1.04. The number of benzene rings is 3. The smallest absolute Gasteiger partial charge is 0.262 e. The summed E-state index contributed by atoms with van der Waals surface area (Å²) in [6, 6.07) is 22.3. The van der Waals surface area contributed by atoms with Crippen molar-refractivity contribution < 1.29 is 4.79 Å². The molecule has 124 valence electrons. The molecule has 0 unspecified atom stereocenters. The quantitative estimate of drug-likeness (QED) is 0.495. The number of fused-ring (bicyclic) bond motifs is 3. The van der Waals surface area contributed by atoms with E-state index in [1.54, 1.807) is 0 Å². The topological polar surface area (TPSA) is 29.1 Å². The van der Waals surface area contributed by atoms with E-state index in [2.05, 4.69) is 29.6 Å². The second kappa shape index (κ2) is 6.87. The fourth-order valence-electron chi connectivity index (χ4n) is 3.02. The molecule has 1 amide bonds. The van der Waals surface area contributed by atoms with Gasteiger partial charge in [0.15, 0.2) is 0 Å². The van der Waals surface area contributed by atoms with Crippen molar-refractivity contribution in [3.05, 3.63) is 82.2 Å². The summed E-state index contributed by atoms with van der Waals surface area (Å²) in [6.07, 6.45) is 0.804. The number of rotatable bonds is 4. The van der Waals surface area contributed by atoms with Crippen molar-refractivity contribution in [2.75, 3.05) is 6.54 Å². The zero-order chi connectivity index (χ0) is 17.2. The Hall–Kier alpha value is -2.36. The Kier molecular flexibility index (Phi) is 4.43. The van der Waals surface area contributed by atoms with Crippen LogP contribution in [0.25, 0.3) is 20.9 Å². The van der Waals surface area contributed by atoms with Gasteiger partial charge in [-0.25, -0.2) is 0 Å². The first-order valence-electron chi connectivity index (χ1n) is 8.16. The molecule has 25 heavy (non-hydrogen) atoms. The van der Waals surface area contributed by atoms with E-state index in [1.165, 1.54) is 16.9 Å². The first kappa shape index (κ1) is 16.1. The average molecular weight is 366 g/mol. The molecule has 0 saturated carbocycles. The fourth-order valence-corrected chi connectivity index (χ4v) is 4.51. The summed E-state index contributed by atoms with van der Waals surface area (Å²) >= 11 is 8.03. The first-order valence-corrected chi connectivity index (χ1v) is 9.35. The lowest BCUT2D eigenvalue weighted by atomic mass is 10.1. The molecule has 0 aliphatic rings. The summed E-state index contributed by atoms with van der Waals surface area (Å²) in [5.41, 5.74) is 1.20. The highest BCUT2D eigenvalue weighted by Gasteiger charge is 2.18. The van der Waals surface area contributed by atoms with Crippen LogP contribution < -0.4 is 5.32 Å². The number of amides is 1. The average Bonchev–Trinajstić information content (AvgIpc) is 3.00. The highest BCUT2D eigenvalue weighted by atomic mass is 35.5. The molecule has 0 spiro atoms. The maximum atomic E-state index is 12.6. The Morgan fingerprint density at radius 1 is 0.960 bits per heavy atom. The van der Waals surface area contributed by atoms with E-state index in [9.17, 15) is 4.79 Å². The molecule has 1 aromatic heterocycles. The van der Waals surface area contributed by atoms with Gasteiger partial charge < -0.3 is 5.32 Å².